The first-order valence-electron chi connectivity index (χ1n) is 10.7. The number of para-hydroxylation sites is 1. The largest absolute Gasteiger partial charge is 0.326 e. The lowest BCUT2D eigenvalue weighted by atomic mass is 9.99. The molecule has 158 valence electrons. The van der Waals surface area contributed by atoms with Crippen molar-refractivity contribution in [3.05, 3.63) is 63.9 Å². The first-order chi connectivity index (χ1) is 15.1. The lowest BCUT2D eigenvalue weighted by Gasteiger charge is -2.19. The molecule has 31 heavy (non-hydrogen) atoms. The van der Waals surface area contributed by atoms with E-state index in [-0.39, 0.29) is 29.0 Å². The summed E-state index contributed by atoms with van der Waals surface area (Å²) in [6, 6.07) is 13.0. The third-order valence-corrected chi connectivity index (χ3v) is 7.07. The van der Waals surface area contributed by atoms with Gasteiger partial charge in [0.05, 0.1) is 16.7 Å². The fourth-order valence-electron chi connectivity index (χ4n) is 4.48. The van der Waals surface area contributed by atoms with E-state index in [2.05, 4.69) is 5.32 Å². The number of Topliss-reactive ketones (excluding diaryl/α,β-unsaturated/α-hetero) is 1. The SMILES string of the molecule is O=C1CCc2cc(C(=O)CSc3nc4ccccc4c(=O)n3C3CCCC3)ccc2N1. The highest BCUT2D eigenvalue weighted by atomic mass is 32.2. The molecule has 1 N–H and O–H groups in total. The molecule has 0 unspecified atom stereocenters. The number of fused-ring (bicyclic) bond motifs is 2. The average molecular weight is 434 g/mol. The van der Waals surface area contributed by atoms with Crippen molar-refractivity contribution in [2.24, 2.45) is 0 Å². The van der Waals surface area contributed by atoms with Crippen molar-refractivity contribution in [3.63, 3.8) is 0 Å². The molecule has 2 aromatic carbocycles. The lowest BCUT2D eigenvalue weighted by molar-refractivity contribution is -0.116. The van der Waals surface area contributed by atoms with Crippen LogP contribution in [-0.2, 0) is 11.2 Å². The molecule has 0 atom stereocenters. The number of carbonyl (C=O) groups is 2. The molecule has 0 saturated heterocycles. The van der Waals surface area contributed by atoms with Crippen LogP contribution in [0.15, 0.2) is 52.4 Å². The van der Waals surface area contributed by atoms with E-state index in [9.17, 15) is 14.4 Å². The molecule has 2 heterocycles. The maximum absolute atomic E-state index is 13.2. The van der Waals surface area contributed by atoms with Crippen LogP contribution in [0.25, 0.3) is 10.9 Å². The van der Waals surface area contributed by atoms with E-state index in [0.717, 1.165) is 36.9 Å². The van der Waals surface area contributed by atoms with E-state index in [1.54, 1.807) is 12.1 Å². The molecule has 1 fully saturated rings. The Bertz CT molecular complexity index is 1240. The van der Waals surface area contributed by atoms with E-state index in [1.807, 2.05) is 34.9 Å². The minimum Gasteiger partial charge on any atom is -0.326 e. The van der Waals surface area contributed by atoms with E-state index < -0.39 is 0 Å². The van der Waals surface area contributed by atoms with Gasteiger partial charge in [0.15, 0.2) is 10.9 Å². The number of carbonyl (C=O) groups excluding carboxylic acids is 2. The van der Waals surface area contributed by atoms with Gasteiger partial charge in [-0.2, -0.15) is 0 Å². The van der Waals surface area contributed by atoms with E-state index in [1.165, 1.54) is 11.8 Å². The number of nitrogens with one attached hydrogen (secondary N) is 1. The van der Waals surface area contributed by atoms with Gasteiger partial charge in [-0.05, 0) is 55.2 Å². The molecule has 1 amide bonds. The van der Waals surface area contributed by atoms with Gasteiger partial charge in [-0.15, -0.1) is 0 Å². The van der Waals surface area contributed by atoms with Gasteiger partial charge in [0, 0.05) is 23.7 Å². The maximum atomic E-state index is 13.2. The van der Waals surface area contributed by atoms with E-state index in [4.69, 9.17) is 4.98 Å². The summed E-state index contributed by atoms with van der Waals surface area (Å²) in [6.45, 7) is 0. The molecular weight excluding hydrogens is 410 g/mol. The van der Waals surface area contributed by atoms with Crippen LogP contribution in [0.2, 0.25) is 0 Å². The second-order valence-electron chi connectivity index (χ2n) is 8.16. The van der Waals surface area contributed by atoms with Crippen molar-refractivity contribution in [1.29, 1.82) is 0 Å². The average Bonchev–Trinajstić information content (AvgIpc) is 3.31. The quantitative estimate of drug-likeness (QED) is 0.367. The number of rotatable bonds is 5. The summed E-state index contributed by atoms with van der Waals surface area (Å²) in [6.07, 6.45) is 5.24. The summed E-state index contributed by atoms with van der Waals surface area (Å²) in [7, 11) is 0. The lowest BCUT2D eigenvalue weighted by Crippen LogP contribution is -2.26. The number of hydrogen-bond acceptors (Lipinski definition) is 5. The Kier molecular flexibility index (Phi) is 5.36. The smallest absolute Gasteiger partial charge is 0.262 e. The number of anilines is 1. The van der Waals surface area contributed by atoms with E-state index in [0.29, 0.717) is 34.5 Å². The Morgan fingerprint density at radius 1 is 1.10 bits per heavy atom. The summed E-state index contributed by atoms with van der Waals surface area (Å²) in [5.74, 6) is 0.210. The number of thioether (sulfide) groups is 1. The van der Waals surface area contributed by atoms with Crippen molar-refractivity contribution in [3.8, 4) is 0 Å². The molecule has 7 heteroatoms. The normalized spacial score (nSPS) is 16.3. The first kappa shape index (κ1) is 20.0. The molecule has 1 saturated carbocycles. The third-order valence-electron chi connectivity index (χ3n) is 6.12. The minimum absolute atomic E-state index is 0.00870. The standard InChI is InChI=1S/C24H23N3O3S/c28-21(16-9-11-19-15(13-16)10-12-22(29)25-19)14-31-24-26-20-8-4-3-7-18(20)23(30)27(24)17-5-1-2-6-17/h3-4,7-9,11,13,17H,1-2,5-6,10,12,14H2,(H,25,29). The fourth-order valence-corrected chi connectivity index (χ4v) is 5.44. The molecule has 1 aliphatic carbocycles. The zero-order valence-corrected chi connectivity index (χ0v) is 17.9. The topological polar surface area (TPSA) is 81.1 Å². The third kappa shape index (κ3) is 3.90. The minimum atomic E-state index is -0.0167. The number of aromatic nitrogens is 2. The van der Waals surface area contributed by atoms with Crippen molar-refractivity contribution < 1.29 is 9.59 Å². The van der Waals surface area contributed by atoms with Crippen molar-refractivity contribution in [1.82, 2.24) is 9.55 Å². The predicted molar refractivity (Wildman–Crippen MR) is 122 cm³/mol. The number of hydrogen-bond donors (Lipinski definition) is 1. The van der Waals surface area contributed by atoms with E-state index >= 15 is 0 Å². The van der Waals surface area contributed by atoms with Gasteiger partial charge in [0.2, 0.25) is 5.91 Å². The highest BCUT2D eigenvalue weighted by Crippen LogP contribution is 2.32. The number of benzene rings is 2. The Morgan fingerprint density at radius 2 is 1.90 bits per heavy atom. The molecule has 0 bridgehead atoms. The summed E-state index contributed by atoms with van der Waals surface area (Å²) in [5.41, 5.74) is 3.05. The highest BCUT2D eigenvalue weighted by Gasteiger charge is 2.24. The summed E-state index contributed by atoms with van der Waals surface area (Å²) in [5, 5.41) is 4.09. The molecule has 1 aromatic heterocycles. The Hall–Kier alpha value is -2.93. The molecule has 3 aromatic rings. The van der Waals surface area contributed by atoms with Gasteiger partial charge in [0.1, 0.15) is 0 Å². The van der Waals surface area contributed by atoms with Crippen LogP contribution >= 0.6 is 11.8 Å². The van der Waals surface area contributed by atoms with Crippen LogP contribution in [0.3, 0.4) is 0 Å². The van der Waals surface area contributed by atoms with Gasteiger partial charge in [-0.25, -0.2) is 4.98 Å². The molecule has 1 aliphatic heterocycles. The highest BCUT2D eigenvalue weighted by molar-refractivity contribution is 7.99. The fraction of sp³-hybridized carbons (Fsp3) is 0.333. The number of nitrogens with zero attached hydrogens (tertiary/aromatic N) is 2. The maximum Gasteiger partial charge on any atom is 0.262 e. The number of aryl methyl sites for hydroxylation is 1. The predicted octanol–water partition coefficient (Wildman–Crippen LogP) is 4.37. The summed E-state index contributed by atoms with van der Waals surface area (Å²) >= 11 is 1.34. The Labute approximate surface area is 184 Å². The van der Waals surface area contributed by atoms with Crippen LogP contribution in [0.1, 0.15) is 54.1 Å². The molecule has 6 nitrogen and oxygen atoms in total. The van der Waals surface area contributed by atoms with Crippen molar-refractivity contribution >= 4 is 40.0 Å². The second kappa shape index (κ2) is 8.30. The summed E-state index contributed by atoms with van der Waals surface area (Å²) in [4.78, 5) is 42.5. The van der Waals surface area contributed by atoms with Gasteiger partial charge in [-0.3, -0.25) is 19.0 Å². The molecule has 0 radical (unpaired) electrons. The molecule has 5 rings (SSSR count). The Balaban J connectivity index is 1.43. The molecule has 2 aliphatic rings. The number of ketones is 1. The van der Waals surface area contributed by atoms with Crippen LogP contribution in [0, 0.1) is 0 Å². The molecule has 0 spiro atoms. The monoisotopic (exact) mass is 433 g/mol. The van der Waals surface area contributed by atoms with Crippen LogP contribution in [0.4, 0.5) is 5.69 Å². The van der Waals surface area contributed by atoms with Gasteiger partial charge in [0.25, 0.3) is 5.56 Å². The zero-order valence-electron chi connectivity index (χ0n) is 17.1. The van der Waals surface area contributed by atoms with Crippen molar-refractivity contribution in [2.75, 3.05) is 11.1 Å². The zero-order chi connectivity index (χ0) is 21.4. The van der Waals surface area contributed by atoms with Crippen LogP contribution in [0.5, 0.6) is 0 Å². The second-order valence-corrected chi connectivity index (χ2v) is 9.10. The van der Waals surface area contributed by atoms with Gasteiger partial charge < -0.3 is 5.32 Å². The van der Waals surface area contributed by atoms with Gasteiger partial charge >= 0.3 is 0 Å². The number of amides is 1. The Morgan fingerprint density at radius 3 is 2.74 bits per heavy atom. The van der Waals surface area contributed by atoms with Crippen molar-refractivity contribution in [2.45, 2.75) is 49.7 Å². The van der Waals surface area contributed by atoms with Crippen LogP contribution in [-0.4, -0.2) is 27.0 Å². The molecular formula is C24H23N3O3S. The first-order valence-corrected chi connectivity index (χ1v) is 11.7. The van der Waals surface area contributed by atoms with Crippen LogP contribution < -0.4 is 10.9 Å². The van der Waals surface area contributed by atoms with Gasteiger partial charge in [-0.1, -0.05) is 36.7 Å². The summed E-state index contributed by atoms with van der Waals surface area (Å²) < 4.78 is 1.82.